The van der Waals surface area contributed by atoms with Crippen molar-refractivity contribution in [3.8, 4) is 0 Å². The van der Waals surface area contributed by atoms with Crippen LogP contribution in [0.2, 0.25) is 5.02 Å². The van der Waals surface area contributed by atoms with E-state index in [0.717, 1.165) is 41.9 Å². The van der Waals surface area contributed by atoms with Crippen molar-refractivity contribution in [3.05, 3.63) is 35.0 Å². The molecule has 0 bridgehead atoms. The molecule has 2 fully saturated rings. The number of aromatic nitrogens is 1. The van der Waals surface area contributed by atoms with E-state index >= 15 is 0 Å². The number of nitrogens with zero attached hydrogens (tertiary/aromatic N) is 2. The Labute approximate surface area is 164 Å². The second-order valence-corrected chi connectivity index (χ2v) is 8.53. The van der Waals surface area contributed by atoms with Crippen LogP contribution in [0, 0.1) is 5.92 Å². The number of piperidine rings is 1. The Bertz CT molecular complexity index is 867. The number of hydrogen-bond donors (Lipinski definition) is 1. The summed E-state index contributed by atoms with van der Waals surface area (Å²) in [5, 5.41) is 1.88. The number of carbonyl (C=O) groups excluding carboxylic acids is 2. The predicted octanol–water partition coefficient (Wildman–Crippen LogP) is 3.78. The lowest BCUT2D eigenvalue weighted by Crippen LogP contribution is -2.42. The van der Waals surface area contributed by atoms with Crippen LogP contribution >= 0.6 is 11.6 Å². The molecule has 27 heavy (non-hydrogen) atoms. The standard InChI is InChI=1S/C21H26ClN3O2/c1-13(2)25-12-16(11-20(25)26)21(27)24-7-5-14(6-8-24)19-10-15-9-17(22)3-4-18(15)23-19/h3-4,9-10,13-14,16,23H,5-8,11-12H2,1-2H3. The normalized spacial score (nSPS) is 21.6. The first-order chi connectivity index (χ1) is 12.9. The van der Waals surface area contributed by atoms with Gasteiger partial charge in [0.2, 0.25) is 11.8 Å². The third-order valence-corrected chi connectivity index (χ3v) is 6.22. The highest BCUT2D eigenvalue weighted by Gasteiger charge is 2.38. The van der Waals surface area contributed by atoms with Crippen LogP contribution in [0.25, 0.3) is 10.9 Å². The van der Waals surface area contributed by atoms with Crippen LogP contribution in [-0.2, 0) is 9.59 Å². The minimum Gasteiger partial charge on any atom is -0.358 e. The first-order valence-electron chi connectivity index (χ1n) is 9.79. The van der Waals surface area contributed by atoms with E-state index in [-0.39, 0.29) is 23.8 Å². The van der Waals surface area contributed by atoms with Crippen LogP contribution in [0.5, 0.6) is 0 Å². The van der Waals surface area contributed by atoms with Crippen LogP contribution in [-0.4, -0.2) is 52.3 Å². The van der Waals surface area contributed by atoms with Crippen molar-refractivity contribution in [3.63, 3.8) is 0 Å². The molecule has 144 valence electrons. The van der Waals surface area contributed by atoms with Gasteiger partial charge < -0.3 is 14.8 Å². The van der Waals surface area contributed by atoms with E-state index in [9.17, 15) is 9.59 Å². The summed E-state index contributed by atoms with van der Waals surface area (Å²) in [5.74, 6) is 0.507. The highest BCUT2D eigenvalue weighted by atomic mass is 35.5. The van der Waals surface area contributed by atoms with Gasteiger partial charge in [-0.05, 0) is 51.0 Å². The van der Waals surface area contributed by atoms with Crippen LogP contribution in [0.3, 0.4) is 0 Å². The van der Waals surface area contributed by atoms with Crippen LogP contribution in [0.4, 0.5) is 0 Å². The summed E-state index contributed by atoms with van der Waals surface area (Å²) in [6.07, 6.45) is 2.25. The molecular formula is C21H26ClN3O2. The number of nitrogens with one attached hydrogen (secondary N) is 1. The van der Waals surface area contributed by atoms with Gasteiger partial charge in [0.1, 0.15) is 0 Å². The van der Waals surface area contributed by atoms with Gasteiger partial charge in [0, 0.05) is 59.6 Å². The number of rotatable bonds is 3. The van der Waals surface area contributed by atoms with Gasteiger partial charge in [0.05, 0.1) is 5.92 Å². The van der Waals surface area contributed by atoms with E-state index < -0.39 is 0 Å². The maximum Gasteiger partial charge on any atom is 0.227 e. The summed E-state index contributed by atoms with van der Waals surface area (Å²) in [5.41, 5.74) is 2.33. The number of aromatic amines is 1. The molecular weight excluding hydrogens is 362 g/mol. The molecule has 4 rings (SSSR count). The maximum absolute atomic E-state index is 12.9. The molecule has 1 atom stereocenters. The van der Waals surface area contributed by atoms with E-state index in [1.54, 1.807) is 0 Å². The Balaban J connectivity index is 1.38. The summed E-state index contributed by atoms with van der Waals surface area (Å²) in [4.78, 5) is 32.2. The summed E-state index contributed by atoms with van der Waals surface area (Å²) in [6.45, 7) is 6.09. The fourth-order valence-electron chi connectivity index (χ4n) is 4.41. The molecule has 0 spiro atoms. The first-order valence-corrected chi connectivity index (χ1v) is 10.2. The van der Waals surface area contributed by atoms with Gasteiger partial charge in [0.15, 0.2) is 0 Å². The number of halogens is 1. The number of H-pyrrole nitrogens is 1. The molecule has 0 aliphatic carbocycles. The maximum atomic E-state index is 12.9. The molecule has 1 N–H and O–H groups in total. The minimum absolute atomic E-state index is 0.106. The smallest absolute Gasteiger partial charge is 0.227 e. The van der Waals surface area contributed by atoms with Gasteiger partial charge in [-0.2, -0.15) is 0 Å². The summed E-state index contributed by atoms with van der Waals surface area (Å²) < 4.78 is 0. The van der Waals surface area contributed by atoms with Gasteiger partial charge in [-0.15, -0.1) is 0 Å². The zero-order chi connectivity index (χ0) is 19.1. The molecule has 2 aliphatic heterocycles. The van der Waals surface area contributed by atoms with Gasteiger partial charge in [-0.3, -0.25) is 9.59 Å². The number of amides is 2. The Morgan fingerprint density at radius 3 is 2.63 bits per heavy atom. The average molecular weight is 388 g/mol. The lowest BCUT2D eigenvalue weighted by atomic mass is 9.92. The summed E-state index contributed by atoms with van der Waals surface area (Å²) >= 11 is 6.08. The topological polar surface area (TPSA) is 56.4 Å². The SMILES string of the molecule is CC(C)N1CC(C(=O)N2CCC(c3cc4cc(Cl)ccc4[nH]3)CC2)CC1=O. The van der Waals surface area contributed by atoms with Crippen molar-refractivity contribution in [2.45, 2.75) is 45.1 Å². The third kappa shape index (κ3) is 3.57. The monoisotopic (exact) mass is 387 g/mol. The summed E-state index contributed by atoms with van der Waals surface area (Å²) in [7, 11) is 0. The third-order valence-electron chi connectivity index (χ3n) is 5.98. The van der Waals surface area contributed by atoms with Crippen LogP contribution in [0.15, 0.2) is 24.3 Å². The number of carbonyl (C=O) groups is 2. The van der Waals surface area contributed by atoms with Crippen molar-refractivity contribution >= 4 is 34.3 Å². The molecule has 5 nitrogen and oxygen atoms in total. The molecule has 1 aromatic carbocycles. The highest BCUT2D eigenvalue weighted by Crippen LogP contribution is 2.32. The minimum atomic E-state index is -0.174. The number of fused-ring (bicyclic) bond motifs is 1. The van der Waals surface area contributed by atoms with Gasteiger partial charge >= 0.3 is 0 Å². The van der Waals surface area contributed by atoms with Crippen LogP contribution in [0.1, 0.15) is 44.7 Å². The second-order valence-electron chi connectivity index (χ2n) is 8.10. The van der Waals surface area contributed by atoms with Gasteiger partial charge in [-0.25, -0.2) is 0 Å². The molecule has 2 aromatic rings. The highest BCUT2D eigenvalue weighted by molar-refractivity contribution is 6.31. The van der Waals surface area contributed by atoms with Gasteiger partial charge in [-0.1, -0.05) is 11.6 Å². The molecule has 2 saturated heterocycles. The molecule has 6 heteroatoms. The molecule has 1 aromatic heterocycles. The van der Waals surface area contributed by atoms with E-state index in [1.165, 1.54) is 5.69 Å². The van der Waals surface area contributed by atoms with Crippen molar-refractivity contribution in [1.29, 1.82) is 0 Å². The van der Waals surface area contributed by atoms with Crippen molar-refractivity contribution in [2.75, 3.05) is 19.6 Å². The number of benzene rings is 1. The van der Waals surface area contributed by atoms with E-state index in [2.05, 4.69) is 11.1 Å². The average Bonchev–Trinajstić information content (AvgIpc) is 3.24. The van der Waals surface area contributed by atoms with E-state index in [4.69, 9.17) is 11.6 Å². The number of likely N-dealkylation sites (tertiary alicyclic amines) is 2. The molecule has 0 radical (unpaired) electrons. The second kappa shape index (κ2) is 7.19. The zero-order valence-electron chi connectivity index (χ0n) is 15.9. The van der Waals surface area contributed by atoms with E-state index in [0.29, 0.717) is 18.9 Å². The molecule has 2 aliphatic rings. The largest absolute Gasteiger partial charge is 0.358 e. The first kappa shape index (κ1) is 18.4. The van der Waals surface area contributed by atoms with Crippen molar-refractivity contribution in [1.82, 2.24) is 14.8 Å². The lowest BCUT2D eigenvalue weighted by Gasteiger charge is -2.33. The van der Waals surface area contributed by atoms with E-state index in [1.807, 2.05) is 41.8 Å². The molecule has 2 amide bonds. The lowest BCUT2D eigenvalue weighted by molar-refractivity contribution is -0.136. The Morgan fingerprint density at radius 2 is 1.96 bits per heavy atom. The fraction of sp³-hybridized carbons (Fsp3) is 0.524. The Kier molecular flexibility index (Phi) is 4.89. The zero-order valence-corrected chi connectivity index (χ0v) is 16.6. The molecule has 1 unspecified atom stereocenters. The van der Waals surface area contributed by atoms with Crippen molar-refractivity contribution < 1.29 is 9.59 Å². The Morgan fingerprint density at radius 1 is 1.22 bits per heavy atom. The predicted molar refractivity (Wildman–Crippen MR) is 107 cm³/mol. The van der Waals surface area contributed by atoms with Crippen LogP contribution < -0.4 is 0 Å². The molecule has 3 heterocycles. The van der Waals surface area contributed by atoms with Gasteiger partial charge in [0.25, 0.3) is 0 Å². The Hall–Kier alpha value is -2.01. The van der Waals surface area contributed by atoms with Crippen molar-refractivity contribution in [2.24, 2.45) is 5.92 Å². The number of hydrogen-bond acceptors (Lipinski definition) is 2. The summed E-state index contributed by atoms with van der Waals surface area (Å²) in [6, 6.07) is 8.23. The quantitative estimate of drug-likeness (QED) is 0.871. The molecule has 0 saturated carbocycles. The fourth-order valence-corrected chi connectivity index (χ4v) is 4.59.